The van der Waals surface area contributed by atoms with Gasteiger partial charge in [0.25, 0.3) is 0 Å². The van der Waals surface area contributed by atoms with Gasteiger partial charge in [-0.2, -0.15) is 13.2 Å². The highest BCUT2D eigenvalue weighted by Gasteiger charge is 2.36. The van der Waals surface area contributed by atoms with Crippen molar-refractivity contribution in [3.63, 3.8) is 0 Å². The first-order valence-electron chi connectivity index (χ1n) is 7.36. The number of likely N-dealkylation sites (N-methyl/N-ethyl adjacent to an activating group) is 1. The van der Waals surface area contributed by atoms with E-state index in [1.165, 1.54) is 6.42 Å². The quantitative estimate of drug-likeness (QED) is 0.786. The van der Waals surface area contributed by atoms with Crippen LogP contribution in [0.1, 0.15) is 32.6 Å². The number of nitrogens with zero attached hydrogens (tertiary/aromatic N) is 1. The Kier molecular flexibility index (Phi) is 6.46. The van der Waals surface area contributed by atoms with Crippen molar-refractivity contribution in [2.45, 2.75) is 44.3 Å². The second-order valence-corrected chi connectivity index (χ2v) is 6.32. The fraction of sp³-hybridized carbons (Fsp3) is 0.929. The van der Waals surface area contributed by atoms with E-state index in [0.717, 1.165) is 19.3 Å². The molecule has 0 aromatic heterocycles. The monoisotopic (exact) mass is 309 g/mol. The topological polar surface area (TPSA) is 44.4 Å². The molecule has 1 amide bonds. The number of hydrogen-bond acceptors (Lipinski definition) is 3. The molecule has 21 heavy (non-hydrogen) atoms. The number of carbonyl (C=O) groups is 1. The van der Waals surface area contributed by atoms with Gasteiger partial charge in [-0.05, 0) is 32.9 Å². The number of nitrogens with one attached hydrogen (secondary N) is 2. The Balaban J connectivity index is 2.39. The first-order valence-corrected chi connectivity index (χ1v) is 7.36. The molecule has 0 heterocycles. The van der Waals surface area contributed by atoms with Gasteiger partial charge in [0.2, 0.25) is 5.91 Å². The van der Waals surface area contributed by atoms with E-state index >= 15 is 0 Å². The molecule has 1 aliphatic rings. The van der Waals surface area contributed by atoms with E-state index in [9.17, 15) is 18.0 Å². The Morgan fingerprint density at radius 3 is 2.57 bits per heavy atom. The van der Waals surface area contributed by atoms with E-state index < -0.39 is 18.6 Å². The number of hydrogen-bond donors (Lipinski definition) is 2. The summed E-state index contributed by atoms with van der Waals surface area (Å²) >= 11 is 0. The third-order valence-corrected chi connectivity index (χ3v) is 4.24. The minimum atomic E-state index is -4.36. The molecule has 2 unspecified atom stereocenters. The molecule has 2 atom stereocenters. The fourth-order valence-electron chi connectivity index (χ4n) is 3.03. The molecule has 0 bridgehead atoms. The molecule has 7 heteroatoms. The lowest BCUT2D eigenvalue weighted by Crippen LogP contribution is -2.55. The predicted octanol–water partition coefficient (Wildman–Crippen LogP) is 1.76. The fourth-order valence-corrected chi connectivity index (χ4v) is 3.03. The highest BCUT2D eigenvalue weighted by molar-refractivity contribution is 5.78. The molecule has 1 aliphatic carbocycles. The smallest absolute Gasteiger partial charge is 0.346 e. The third kappa shape index (κ3) is 6.22. The van der Waals surface area contributed by atoms with Crippen molar-refractivity contribution < 1.29 is 18.0 Å². The summed E-state index contributed by atoms with van der Waals surface area (Å²) in [5.41, 5.74) is -0.0119. The minimum absolute atomic E-state index is 0.0119. The van der Waals surface area contributed by atoms with Gasteiger partial charge in [0.15, 0.2) is 0 Å². The van der Waals surface area contributed by atoms with Crippen molar-refractivity contribution >= 4 is 5.91 Å². The van der Waals surface area contributed by atoms with E-state index in [4.69, 9.17) is 0 Å². The standard InChI is InChI=1S/C14H26F3N3O/c1-11-5-4-6-13(7-11,20(2)3)9-18-8-12(21)19-10-14(15,16)17/h11,18H,4-10H2,1-3H3,(H,19,21). The van der Waals surface area contributed by atoms with Crippen LogP contribution in [0.4, 0.5) is 13.2 Å². The van der Waals surface area contributed by atoms with E-state index in [1.807, 2.05) is 19.4 Å². The van der Waals surface area contributed by atoms with Crippen LogP contribution < -0.4 is 10.6 Å². The number of rotatable bonds is 6. The molecule has 1 rings (SSSR count). The molecule has 0 aliphatic heterocycles. The van der Waals surface area contributed by atoms with E-state index in [0.29, 0.717) is 12.5 Å². The summed E-state index contributed by atoms with van der Waals surface area (Å²) in [4.78, 5) is 13.6. The molecule has 0 radical (unpaired) electrons. The molecule has 0 aromatic carbocycles. The number of alkyl halides is 3. The first kappa shape index (κ1) is 18.2. The zero-order valence-corrected chi connectivity index (χ0v) is 13.0. The minimum Gasteiger partial charge on any atom is -0.346 e. The summed E-state index contributed by atoms with van der Waals surface area (Å²) in [5.74, 6) is 0.00657. The van der Waals surface area contributed by atoms with Crippen LogP contribution in [-0.2, 0) is 4.79 Å². The lowest BCUT2D eigenvalue weighted by molar-refractivity contribution is -0.137. The maximum atomic E-state index is 12.0. The maximum Gasteiger partial charge on any atom is 0.405 e. The van der Waals surface area contributed by atoms with Crippen LogP contribution in [0.3, 0.4) is 0 Å². The molecule has 0 saturated heterocycles. The van der Waals surface area contributed by atoms with Crippen molar-refractivity contribution in [2.75, 3.05) is 33.7 Å². The molecule has 1 saturated carbocycles. The van der Waals surface area contributed by atoms with Gasteiger partial charge in [-0.25, -0.2) is 0 Å². The molecule has 2 N–H and O–H groups in total. The Morgan fingerprint density at radius 1 is 1.38 bits per heavy atom. The second kappa shape index (κ2) is 7.45. The highest BCUT2D eigenvalue weighted by Crippen LogP contribution is 2.35. The van der Waals surface area contributed by atoms with E-state index in [1.54, 1.807) is 0 Å². The summed E-state index contributed by atoms with van der Waals surface area (Å²) in [5, 5.41) is 4.88. The normalized spacial score (nSPS) is 26.9. The zero-order valence-electron chi connectivity index (χ0n) is 13.0. The summed E-state index contributed by atoms with van der Waals surface area (Å²) in [6.07, 6.45) is 0.0704. The molecule has 0 spiro atoms. The van der Waals surface area contributed by atoms with E-state index in [-0.39, 0.29) is 12.1 Å². The van der Waals surface area contributed by atoms with E-state index in [2.05, 4.69) is 17.1 Å². The van der Waals surface area contributed by atoms with Crippen molar-refractivity contribution in [1.82, 2.24) is 15.5 Å². The third-order valence-electron chi connectivity index (χ3n) is 4.24. The van der Waals surface area contributed by atoms with Crippen LogP contribution in [0.2, 0.25) is 0 Å². The lowest BCUT2D eigenvalue weighted by Gasteiger charge is -2.45. The lowest BCUT2D eigenvalue weighted by atomic mass is 9.75. The molecule has 0 aromatic rings. The molecule has 124 valence electrons. The van der Waals surface area contributed by atoms with Gasteiger partial charge in [-0.1, -0.05) is 19.8 Å². The summed E-state index contributed by atoms with van der Waals surface area (Å²) < 4.78 is 36.0. The van der Waals surface area contributed by atoms with Gasteiger partial charge < -0.3 is 15.5 Å². The molecule has 1 fully saturated rings. The van der Waals surface area contributed by atoms with Crippen LogP contribution in [-0.4, -0.2) is 56.3 Å². The largest absolute Gasteiger partial charge is 0.405 e. The Bertz CT molecular complexity index is 347. The summed E-state index contributed by atoms with van der Waals surface area (Å²) in [6.45, 7) is 1.47. The molecule has 4 nitrogen and oxygen atoms in total. The predicted molar refractivity (Wildman–Crippen MR) is 76.0 cm³/mol. The highest BCUT2D eigenvalue weighted by atomic mass is 19.4. The van der Waals surface area contributed by atoms with Crippen molar-refractivity contribution in [3.05, 3.63) is 0 Å². The van der Waals surface area contributed by atoms with Crippen LogP contribution in [0.25, 0.3) is 0 Å². The molecular weight excluding hydrogens is 283 g/mol. The second-order valence-electron chi connectivity index (χ2n) is 6.32. The van der Waals surface area contributed by atoms with Gasteiger partial charge in [0.05, 0.1) is 6.54 Å². The van der Waals surface area contributed by atoms with Crippen molar-refractivity contribution in [1.29, 1.82) is 0 Å². The van der Waals surface area contributed by atoms with Gasteiger partial charge in [-0.3, -0.25) is 4.79 Å². The first-order chi connectivity index (χ1) is 9.65. The van der Waals surface area contributed by atoms with Crippen LogP contribution >= 0.6 is 0 Å². The zero-order chi connectivity index (χ0) is 16.1. The maximum absolute atomic E-state index is 12.0. The summed E-state index contributed by atoms with van der Waals surface area (Å²) in [6, 6.07) is 0. The molecular formula is C14H26F3N3O. The van der Waals surface area contributed by atoms with Crippen LogP contribution in [0.15, 0.2) is 0 Å². The SMILES string of the molecule is CC1CCCC(CNCC(=O)NCC(F)(F)F)(N(C)C)C1. The van der Waals surface area contributed by atoms with Crippen molar-refractivity contribution in [3.8, 4) is 0 Å². The number of halogens is 3. The average molecular weight is 309 g/mol. The van der Waals surface area contributed by atoms with Crippen LogP contribution in [0, 0.1) is 5.92 Å². The number of amides is 1. The average Bonchev–Trinajstić information content (AvgIpc) is 2.35. The van der Waals surface area contributed by atoms with Gasteiger partial charge >= 0.3 is 6.18 Å². The van der Waals surface area contributed by atoms with Crippen molar-refractivity contribution in [2.24, 2.45) is 5.92 Å². The van der Waals surface area contributed by atoms with Crippen LogP contribution in [0.5, 0.6) is 0 Å². The van der Waals surface area contributed by atoms with Gasteiger partial charge in [-0.15, -0.1) is 0 Å². The number of carbonyl (C=O) groups excluding carboxylic acids is 1. The Hall–Kier alpha value is -0.820. The van der Waals surface area contributed by atoms with Gasteiger partial charge in [0.1, 0.15) is 6.54 Å². The summed E-state index contributed by atoms with van der Waals surface area (Å²) in [7, 11) is 4.03. The Morgan fingerprint density at radius 2 is 2.05 bits per heavy atom. The Labute approximate surface area is 124 Å². The van der Waals surface area contributed by atoms with Gasteiger partial charge in [0, 0.05) is 12.1 Å².